The van der Waals surface area contributed by atoms with Gasteiger partial charge >= 0.3 is 10.3 Å². The molecule has 0 atom stereocenters. The lowest BCUT2D eigenvalue weighted by Crippen LogP contribution is -2.08. The fourth-order valence-electron chi connectivity index (χ4n) is 2.06. The quantitative estimate of drug-likeness (QED) is 0.540. The summed E-state index contributed by atoms with van der Waals surface area (Å²) in [6.45, 7) is 4.00. The molecule has 23 heavy (non-hydrogen) atoms. The molecule has 0 aliphatic carbocycles. The number of benzene rings is 1. The number of aromatic nitrogens is 3. The van der Waals surface area contributed by atoms with Crippen LogP contribution in [0.3, 0.4) is 0 Å². The lowest BCUT2D eigenvalue weighted by Gasteiger charge is -2.01. The van der Waals surface area contributed by atoms with Gasteiger partial charge in [-0.3, -0.25) is 4.55 Å². The van der Waals surface area contributed by atoms with Crippen molar-refractivity contribution in [3.05, 3.63) is 47.0 Å². The number of hydrogen-bond acceptors (Lipinski definition) is 4. The van der Waals surface area contributed by atoms with E-state index >= 15 is 0 Å². The van der Waals surface area contributed by atoms with E-state index in [-0.39, 0.29) is 16.0 Å². The minimum absolute atomic E-state index is 0.0157. The number of para-hydroxylation sites is 1. The van der Waals surface area contributed by atoms with Gasteiger partial charge in [0.15, 0.2) is 0 Å². The molecular weight excluding hydrogens is 361 g/mol. The van der Waals surface area contributed by atoms with Crippen molar-refractivity contribution in [3.8, 4) is 11.3 Å². The average molecular weight is 374 g/mol. The fraction of sp³-hybridized carbons (Fsp3) is 0.143. The number of halogens is 2. The molecule has 1 N–H and O–H groups in total. The van der Waals surface area contributed by atoms with Crippen LogP contribution in [0.5, 0.6) is 0 Å². The summed E-state index contributed by atoms with van der Waals surface area (Å²) < 4.78 is 33.0. The normalized spacial score (nSPS) is 11.2. The molecule has 1 aromatic carbocycles. The number of hydrogen-bond donors (Lipinski definition) is 1. The van der Waals surface area contributed by atoms with Crippen LogP contribution in [-0.4, -0.2) is 26.9 Å². The highest BCUT2D eigenvalue weighted by atomic mass is 35.5. The smallest absolute Gasteiger partial charge is 0.269 e. The van der Waals surface area contributed by atoms with Crippen LogP contribution in [0.25, 0.3) is 22.2 Å². The molecule has 122 valence electrons. The highest BCUT2D eigenvalue weighted by molar-refractivity contribution is 7.84. The lowest BCUT2D eigenvalue weighted by atomic mass is 10.1. The van der Waals surface area contributed by atoms with Crippen molar-refractivity contribution in [2.45, 2.75) is 13.8 Å². The zero-order valence-electron chi connectivity index (χ0n) is 12.2. The predicted octanol–water partition coefficient (Wildman–Crippen LogP) is 4.08. The minimum Gasteiger partial charge on any atom is -0.269 e. The molecule has 0 spiro atoms. The molecule has 0 unspecified atom stereocenters. The van der Waals surface area contributed by atoms with Gasteiger partial charge in [-0.25, -0.2) is 13.9 Å². The van der Waals surface area contributed by atoms with Crippen LogP contribution < -0.4 is 0 Å². The van der Waals surface area contributed by atoms with Crippen LogP contribution in [0.15, 0.2) is 36.7 Å². The van der Waals surface area contributed by atoms with Crippen LogP contribution in [0.2, 0.25) is 10.3 Å². The first-order valence-electron chi connectivity index (χ1n) is 6.64. The molecule has 3 rings (SSSR count). The first-order valence-corrected chi connectivity index (χ1v) is 8.79. The summed E-state index contributed by atoms with van der Waals surface area (Å²) in [5.41, 5.74) is 1.02. The Morgan fingerprint density at radius 2 is 1.83 bits per heavy atom. The van der Waals surface area contributed by atoms with E-state index in [1.54, 1.807) is 24.3 Å². The van der Waals surface area contributed by atoms with E-state index in [0.717, 1.165) is 3.97 Å². The maximum atomic E-state index is 11.5. The third kappa shape index (κ3) is 3.48. The number of fused-ring (bicyclic) bond motifs is 1. The van der Waals surface area contributed by atoms with Gasteiger partial charge in [0, 0.05) is 17.1 Å². The van der Waals surface area contributed by atoms with Crippen LogP contribution >= 0.6 is 23.2 Å². The summed E-state index contributed by atoms with van der Waals surface area (Å²) in [4.78, 5) is 7.77. The lowest BCUT2D eigenvalue weighted by molar-refractivity contribution is 0.474. The molecule has 0 saturated carbocycles. The predicted molar refractivity (Wildman–Crippen MR) is 91.3 cm³/mol. The number of rotatable bonds is 2. The molecule has 0 amide bonds. The molecule has 0 bridgehead atoms. The van der Waals surface area contributed by atoms with Gasteiger partial charge in [-0.2, -0.15) is 8.42 Å². The van der Waals surface area contributed by atoms with Gasteiger partial charge in [-0.05, 0) is 17.7 Å². The standard InChI is InChI=1S/C12H7Cl2N3O3S.C2H6/c13-9-5-15-12(14)16-11(9)8-6-17(21(18,19)20)10-4-2-1-3-7(8)10;1-2/h1-6H,(H,18,19,20);1-2H3. The Hall–Kier alpha value is -1.67. The zero-order valence-corrected chi connectivity index (χ0v) is 14.6. The minimum atomic E-state index is -4.44. The summed E-state index contributed by atoms with van der Waals surface area (Å²) in [5.74, 6) is 0. The van der Waals surface area contributed by atoms with E-state index in [2.05, 4.69) is 9.97 Å². The van der Waals surface area contributed by atoms with Crippen LogP contribution in [0.4, 0.5) is 0 Å². The summed E-state index contributed by atoms with van der Waals surface area (Å²) in [5, 5.41) is 0.766. The molecule has 2 aromatic heterocycles. The topological polar surface area (TPSA) is 85.1 Å². The summed E-state index contributed by atoms with van der Waals surface area (Å²) >= 11 is 11.8. The molecule has 0 radical (unpaired) electrons. The molecule has 0 aliphatic heterocycles. The molecule has 3 aromatic rings. The maximum Gasteiger partial charge on any atom is 0.363 e. The molecule has 0 fully saturated rings. The van der Waals surface area contributed by atoms with Gasteiger partial charge in [0.1, 0.15) is 0 Å². The molecule has 6 nitrogen and oxygen atoms in total. The second kappa shape index (κ2) is 6.84. The molecular formula is C14H13Cl2N3O3S. The van der Waals surface area contributed by atoms with Gasteiger partial charge in [0.05, 0.1) is 22.4 Å². The summed E-state index contributed by atoms with van der Waals surface area (Å²) in [6, 6.07) is 6.64. The second-order valence-electron chi connectivity index (χ2n) is 4.17. The largest absolute Gasteiger partial charge is 0.363 e. The van der Waals surface area contributed by atoms with Crippen LogP contribution in [0.1, 0.15) is 13.8 Å². The number of nitrogens with zero attached hydrogens (tertiary/aromatic N) is 3. The van der Waals surface area contributed by atoms with Crippen molar-refractivity contribution in [1.82, 2.24) is 13.9 Å². The van der Waals surface area contributed by atoms with Crippen molar-refractivity contribution < 1.29 is 13.0 Å². The first kappa shape index (κ1) is 17.7. The molecule has 0 aliphatic rings. The Bertz CT molecular complexity index is 955. The van der Waals surface area contributed by atoms with Gasteiger partial charge in [0.25, 0.3) is 0 Å². The Morgan fingerprint density at radius 1 is 1.17 bits per heavy atom. The fourth-order valence-corrected chi connectivity index (χ4v) is 3.04. The van der Waals surface area contributed by atoms with E-state index in [1.807, 2.05) is 13.8 Å². The molecule has 9 heteroatoms. The highest BCUT2D eigenvalue weighted by Crippen LogP contribution is 2.34. The third-order valence-corrected chi connectivity index (χ3v) is 4.15. The van der Waals surface area contributed by atoms with Crippen molar-refractivity contribution in [2.75, 3.05) is 0 Å². The molecule has 0 saturated heterocycles. The maximum absolute atomic E-state index is 11.5. The van der Waals surface area contributed by atoms with Gasteiger partial charge in [-0.1, -0.05) is 43.6 Å². The average Bonchev–Trinajstić information content (AvgIpc) is 2.91. The Balaban J connectivity index is 0.000000924. The van der Waals surface area contributed by atoms with Crippen LogP contribution in [0, 0.1) is 0 Å². The van der Waals surface area contributed by atoms with E-state index in [9.17, 15) is 13.0 Å². The monoisotopic (exact) mass is 373 g/mol. The van der Waals surface area contributed by atoms with Gasteiger partial charge < -0.3 is 0 Å². The Morgan fingerprint density at radius 3 is 2.48 bits per heavy atom. The van der Waals surface area contributed by atoms with Crippen molar-refractivity contribution >= 4 is 44.4 Å². The third-order valence-electron chi connectivity index (χ3n) is 2.90. The Kier molecular flexibility index (Phi) is 5.26. The van der Waals surface area contributed by atoms with E-state index in [4.69, 9.17) is 23.2 Å². The van der Waals surface area contributed by atoms with Crippen molar-refractivity contribution in [1.29, 1.82) is 0 Å². The van der Waals surface area contributed by atoms with E-state index in [0.29, 0.717) is 16.5 Å². The molecule has 2 heterocycles. The highest BCUT2D eigenvalue weighted by Gasteiger charge is 2.19. The summed E-state index contributed by atoms with van der Waals surface area (Å²) in [6.07, 6.45) is 2.57. The van der Waals surface area contributed by atoms with Gasteiger partial charge in [-0.15, -0.1) is 0 Å². The Labute approximate surface area is 143 Å². The summed E-state index contributed by atoms with van der Waals surface area (Å²) in [7, 11) is -4.44. The van der Waals surface area contributed by atoms with Gasteiger partial charge in [0.2, 0.25) is 5.28 Å². The SMILES string of the molecule is CC.O=S(=O)(O)n1cc(-c2nc(Cl)ncc2Cl)c2ccccc21. The van der Waals surface area contributed by atoms with Crippen LogP contribution in [-0.2, 0) is 10.3 Å². The van der Waals surface area contributed by atoms with E-state index < -0.39 is 10.3 Å². The van der Waals surface area contributed by atoms with E-state index in [1.165, 1.54) is 12.4 Å². The second-order valence-corrected chi connectivity index (χ2v) is 6.20. The zero-order chi connectivity index (χ0) is 17.2. The van der Waals surface area contributed by atoms with Crippen molar-refractivity contribution in [2.24, 2.45) is 0 Å². The first-order chi connectivity index (χ1) is 10.9. The van der Waals surface area contributed by atoms with Crippen molar-refractivity contribution in [3.63, 3.8) is 0 Å².